The van der Waals surface area contributed by atoms with Gasteiger partial charge in [-0.15, -0.1) is 10.2 Å². The van der Waals surface area contributed by atoms with Crippen molar-refractivity contribution in [3.63, 3.8) is 0 Å². The summed E-state index contributed by atoms with van der Waals surface area (Å²) in [6, 6.07) is 16.4. The van der Waals surface area contributed by atoms with Crippen molar-refractivity contribution in [3.8, 4) is 0 Å². The first kappa shape index (κ1) is 18.5. The third kappa shape index (κ3) is 3.60. The zero-order chi connectivity index (χ0) is 19.7. The zero-order valence-corrected chi connectivity index (χ0v) is 17.0. The van der Waals surface area contributed by atoms with Crippen LogP contribution in [0.25, 0.3) is 16.6 Å². The number of amides is 1. The van der Waals surface area contributed by atoms with Crippen LogP contribution in [-0.2, 0) is 4.79 Å². The second-order valence-corrected chi connectivity index (χ2v) is 8.05. The minimum Gasteiger partial charge on any atom is -0.326 e. The monoisotopic (exact) mass is 390 g/mol. The molecule has 6 heteroatoms. The molecule has 0 aliphatic rings. The highest BCUT2D eigenvalue weighted by Crippen LogP contribution is 2.25. The fraction of sp³-hybridized carbons (Fsp3) is 0.227. The number of hydrogen-bond donors (Lipinski definition) is 1. The van der Waals surface area contributed by atoms with Gasteiger partial charge in [0.15, 0.2) is 10.8 Å². The second-order valence-electron chi connectivity index (χ2n) is 6.99. The van der Waals surface area contributed by atoms with Gasteiger partial charge in [0.05, 0.1) is 5.52 Å². The molecule has 0 fully saturated rings. The molecule has 28 heavy (non-hydrogen) atoms. The molecular weight excluding hydrogens is 368 g/mol. The Hall–Kier alpha value is -2.86. The summed E-state index contributed by atoms with van der Waals surface area (Å²) >= 11 is 1.55. The van der Waals surface area contributed by atoms with Gasteiger partial charge in [0.2, 0.25) is 5.91 Å². The summed E-state index contributed by atoms with van der Waals surface area (Å²) in [5, 5.41) is 13.6. The fourth-order valence-corrected chi connectivity index (χ4v) is 4.41. The highest BCUT2D eigenvalue weighted by molar-refractivity contribution is 7.99. The Morgan fingerprint density at radius 3 is 2.57 bits per heavy atom. The van der Waals surface area contributed by atoms with Crippen LogP contribution in [0.2, 0.25) is 0 Å². The molecule has 0 saturated heterocycles. The minimum absolute atomic E-state index is 0.0150. The van der Waals surface area contributed by atoms with Crippen molar-refractivity contribution in [2.75, 3.05) is 11.1 Å². The van der Waals surface area contributed by atoms with Crippen molar-refractivity contribution in [1.29, 1.82) is 0 Å². The molecule has 0 spiro atoms. The molecule has 5 nitrogen and oxygen atoms in total. The van der Waals surface area contributed by atoms with Gasteiger partial charge in [-0.1, -0.05) is 47.7 Å². The Labute approximate surface area is 168 Å². The Bertz CT molecular complexity index is 1160. The van der Waals surface area contributed by atoms with Crippen LogP contribution in [0, 0.1) is 20.8 Å². The Morgan fingerprint density at radius 1 is 1.04 bits per heavy atom. The number of nitrogens with one attached hydrogen (secondary N) is 1. The third-order valence-electron chi connectivity index (χ3n) is 4.75. The highest BCUT2D eigenvalue weighted by atomic mass is 32.2. The van der Waals surface area contributed by atoms with E-state index in [1.807, 2.05) is 42.5 Å². The number of anilines is 1. The smallest absolute Gasteiger partial charge is 0.225 e. The normalized spacial score (nSPS) is 11.2. The van der Waals surface area contributed by atoms with E-state index in [2.05, 4.69) is 46.7 Å². The van der Waals surface area contributed by atoms with Crippen LogP contribution in [-0.4, -0.2) is 26.3 Å². The molecule has 1 amide bonds. The predicted molar refractivity (Wildman–Crippen MR) is 115 cm³/mol. The molecule has 142 valence electrons. The van der Waals surface area contributed by atoms with Crippen LogP contribution in [0.3, 0.4) is 0 Å². The van der Waals surface area contributed by atoms with E-state index >= 15 is 0 Å². The molecule has 2 aromatic carbocycles. The van der Waals surface area contributed by atoms with E-state index < -0.39 is 0 Å². The maximum Gasteiger partial charge on any atom is 0.225 e. The van der Waals surface area contributed by atoms with Crippen LogP contribution in [0.1, 0.15) is 23.1 Å². The lowest BCUT2D eigenvalue weighted by molar-refractivity contribution is -0.115. The van der Waals surface area contributed by atoms with E-state index in [1.165, 1.54) is 5.56 Å². The van der Waals surface area contributed by atoms with Crippen LogP contribution in [0.15, 0.2) is 53.7 Å². The zero-order valence-electron chi connectivity index (χ0n) is 16.2. The molecule has 0 unspecified atom stereocenters. The van der Waals surface area contributed by atoms with Crippen molar-refractivity contribution in [3.05, 3.63) is 65.2 Å². The van der Waals surface area contributed by atoms with Crippen molar-refractivity contribution in [2.24, 2.45) is 0 Å². The van der Waals surface area contributed by atoms with Gasteiger partial charge in [0.1, 0.15) is 0 Å². The van der Waals surface area contributed by atoms with Gasteiger partial charge in [-0.05, 0) is 55.5 Å². The maximum absolute atomic E-state index is 12.4. The number of carbonyl (C=O) groups excluding carboxylic acids is 1. The maximum atomic E-state index is 12.4. The van der Waals surface area contributed by atoms with Crippen LogP contribution in [0.5, 0.6) is 0 Å². The number of carbonyl (C=O) groups is 1. The highest BCUT2D eigenvalue weighted by Gasteiger charge is 2.12. The Morgan fingerprint density at radius 2 is 1.79 bits per heavy atom. The van der Waals surface area contributed by atoms with E-state index in [9.17, 15) is 4.79 Å². The third-order valence-corrected chi connectivity index (χ3v) is 5.68. The lowest BCUT2D eigenvalue weighted by atomic mass is 10.1. The van der Waals surface area contributed by atoms with Crippen LogP contribution in [0.4, 0.5) is 5.69 Å². The number of aromatic nitrogens is 3. The number of para-hydroxylation sites is 1. The van der Waals surface area contributed by atoms with E-state index in [4.69, 9.17) is 0 Å². The SMILES string of the molecule is Cc1cc(C)c(NC(=O)CCSc2nnc3ccc4ccccc4n23)c(C)c1. The molecule has 0 aliphatic heterocycles. The number of nitrogens with zero attached hydrogens (tertiary/aromatic N) is 3. The molecule has 4 rings (SSSR count). The minimum atomic E-state index is 0.0150. The number of benzene rings is 2. The van der Waals surface area contributed by atoms with E-state index in [1.54, 1.807) is 11.8 Å². The number of hydrogen-bond acceptors (Lipinski definition) is 4. The van der Waals surface area contributed by atoms with Crippen molar-refractivity contribution in [1.82, 2.24) is 14.6 Å². The first-order chi connectivity index (χ1) is 13.5. The van der Waals surface area contributed by atoms with Crippen LogP contribution < -0.4 is 5.32 Å². The van der Waals surface area contributed by atoms with Crippen LogP contribution >= 0.6 is 11.8 Å². The molecule has 0 bridgehead atoms. The summed E-state index contributed by atoms with van der Waals surface area (Å²) in [6.07, 6.45) is 0.414. The standard InChI is InChI=1S/C22H22N4OS/c1-14-12-15(2)21(16(3)13-14)23-20(27)10-11-28-22-25-24-19-9-8-17-6-4-5-7-18(17)26(19)22/h4-9,12-13H,10-11H2,1-3H3,(H,23,27). The molecule has 1 N–H and O–H groups in total. The van der Waals surface area contributed by atoms with Gasteiger partial charge in [0, 0.05) is 17.9 Å². The number of rotatable bonds is 5. The van der Waals surface area contributed by atoms with Crippen molar-refractivity contribution < 1.29 is 4.79 Å². The summed E-state index contributed by atoms with van der Waals surface area (Å²) in [6.45, 7) is 6.12. The summed E-state index contributed by atoms with van der Waals surface area (Å²) in [5.41, 5.74) is 6.19. The number of pyridine rings is 1. The summed E-state index contributed by atoms with van der Waals surface area (Å²) in [7, 11) is 0. The van der Waals surface area contributed by atoms with E-state index in [-0.39, 0.29) is 5.91 Å². The lowest BCUT2D eigenvalue weighted by Crippen LogP contribution is -2.14. The summed E-state index contributed by atoms with van der Waals surface area (Å²) < 4.78 is 2.05. The van der Waals surface area contributed by atoms with Crippen molar-refractivity contribution in [2.45, 2.75) is 32.3 Å². The molecule has 4 aromatic rings. The average molecular weight is 391 g/mol. The fourth-order valence-electron chi connectivity index (χ4n) is 3.52. The topological polar surface area (TPSA) is 59.3 Å². The van der Waals surface area contributed by atoms with Gasteiger partial charge in [-0.3, -0.25) is 9.20 Å². The van der Waals surface area contributed by atoms with Gasteiger partial charge in [-0.2, -0.15) is 0 Å². The second kappa shape index (κ2) is 7.64. The Kier molecular flexibility index (Phi) is 5.05. The quantitative estimate of drug-likeness (QED) is 0.491. The average Bonchev–Trinajstić information content (AvgIpc) is 3.08. The molecular formula is C22H22N4OS. The van der Waals surface area contributed by atoms with Gasteiger partial charge in [0.25, 0.3) is 0 Å². The Balaban J connectivity index is 1.46. The first-order valence-corrected chi connectivity index (χ1v) is 10.2. The summed E-state index contributed by atoms with van der Waals surface area (Å²) in [4.78, 5) is 12.4. The first-order valence-electron chi connectivity index (χ1n) is 9.26. The van der Waals surface area contributed by atoms with Gasteiger partial charge >= 0.3 is 0 Å². The number of aryl methyl sites for hydroxylation is 3. The number of thioether (sulfide) groups is 1. The summed E-state index contributed by atoms with van der Waals surface area (Å²) in [5.74, 6) is 0.654. The molecule has 0 saturated carbocycles. The largest absolute Gasteiger partial charge is 0.326 e. The van der Waals surface area contributed by atoms with E-state index in [0.717, 1.165) is 38.5 Å². The molecule has 0 radical (unpaired) electrons. The number of fused-ring (bicyclic) bond motifs is 3. The predicted octanol–water partition coefficient (Wildman–Crippen LogP) is 4.93. The lowest BCUT2D eigenvalue weighted by Gasteiger charge is -2.12. The van der Waals surface area contributed by atoms with Gasteiger partial charge in [-0.25, -0.2) is 0 Å². The molecule has 2 aromatic heterocycles. The molecule has 0 atom stereocenters. The molecule has 0 aliphatic carbocycles. The van der Waals surface area contributed by atoms with Gasteiger partial charge < -0.3 is 5.32 Å². The van der Waals surface area contributed by atoms with Crippen molar-refractivity contribution >= 4 is 39.9 Å². The molecule has 2 heterocycles. The van der Waals surface area contributed by atoms with E-state index in [0.29, 0.717) is 12.2 Å².